The van der Waals surface area contributed by atoms with Crippen LogP contribution in [0.5, 0.6) is 0 Å². The maximum Gasteiger partial charge on any atom is 0.336 e. The van der Waals surface area contributed by atoms with Gasteiger partial charge in [-0.2, -0.15) is 0 Å². The number of carbonyl (C=O) groups is 2. The number of hydrogen-bond acceptors (Lipinski definition) is 8. The minimum absolute atomic E-state index is 0.0316. The highest BCUT2D eigenvalue weighted by Gasteiger charge is 2.35. The number of hydrogen-bond donors (Lipinski definition) is 1. The summed E-state index contributed by atoms with van der Waals surface area (Å²) in [7, 11) is 1.48. The molecule has 1 aromatic carbocycles. The number of dihydropyridines is 1. The number of rotatable bonds is 8. The number of nitro benzene ring substituents is 1. The third-order valence-electron chi connectivity index (χ3n) is 3.85. The first-order valence-corrected chi connectivity index (χ1v) is 8.62. The third-order valence-corrected chi connectivity index (χ3v) is 3.85. The van der Waals surface area contributed by atoms with Crippen LogP contribution in [0.3, 0.4) is 0 Å². The first kappa shape index (κ1) is 21.1. The number of non-ortho nitro benzene ring substituents is 1. The molecule has 0 fully saturated rings. The van der Waals surface area contributed by atoms with Gasteiger partial charge in [-0.3, -0.25) is 10.1 Å². The maximum absolute atomic E-state index is 12.6. The molecule has 0 amide bonds. The lowest BCUT2D eigenvalue weighted by Crippen LogP contribution is -2.28. The van der Waals surface area contributed by atoms with E-state index < -0.39 is 22.8 Å². The van der Waals surface area contributed by atoms with E-state index in [2.05, 4.69) is 5.32 Å². The first-order chi connectivity index (χ1) is 13.3. The standard InChI is InChI=1S/C19H22N2O7/c1-12(2)28-19(23)16-11-20-10-15(18(22)27-8-7-26-3)17(16)13-5-4-6-14(9-13)21(24)25/h4-6,9-12,17,20H,7-8H2,1-3H3/t17-/m0/s1. The Bertz CT molecular complexity index is 814. The van der Waals surface area contributed by atoms with Crippen molar-refractivity contribution in [2.75, 3.05) is 20.3 Å². The van der Waals surface area contributed by atoms with Crippen molar-refractivity contribution >= 4 is 17.6 Å². The summed E-state index contributed by atoms with van der Waals surface area (Å²) in [4.78, 5) is 35.8. The molecule has 1 aromatic rings. The Morgan fingerprint density at radius 3 is 2.46 bits per heavy atom. The quantitative estimate of drug-likeness (QED) is 0.311. The molecule has 1 aliphatic rings. The number of nitrogens with zero attached hydrogens (tertiary/aromatic N) is 1. The van der Waals surface area contributed by atoms with Crippen molar-refractivity contribution in [1.82, 2.24) is 5.32 Å². The lowest BCUT2D eigenvalue weighted by molar-refractivity contribution is -0.384. The molecule has 0 aromatic heterocycles. The highest BCUT2D eigenvalue weighted by molar-refractivity contribution is 5.98. The zero-order chi connectivity index (χ0) is 20.7. The van der Waals surface area contributed by atoms with Crippen LogP contribution in [0.25, 0.3) is 0 Å². The fourth-order valence-electron chi connectivity index (χ4n) is 2.67. The lowest BCUT2D eigenvalue weighted by Gasteiger charge is -2.25. The van der Waals surface area contributed by atoms with Crippen LogP contribution in [0.2, 0.25) is 0 Å². The van der Waals surface area contributed by atoms with Crippen LogP contribution in [0.4, 0.5) is 5.69 Å². The zero-order valence-electron chi connectivity index (χ0n) is 15.8. The molecule has 1 atom stereocenters. The second-order valence-electron chi connectivity index (χ2n) is 6.23. The molecule has 9 nitrogen and oxygen atoms in total. The number of carbonyl (C=O) groups excluding carboxylic acids is 2. The van der Waals surface area contributed by atoms with E-state index in [0.717, 1.165) is 0 Å². The van der Waals surface area contributed by atoms with Gasteiger partial charge in [0.1, 0.15) is 6.61 Å². The van der Waals surface area contributed by atoms with Crippen LogP contribution in [0.1, 0.15) is 25.3 Å². The number of ether oxygens (including phenoxy) is 3. The largest absolute Gasteiger partial charge is 0.460 e. The van der Waals surface area contributed by atoms with E-state index >= 15 is 0 Å². The number of nitrogens with one attached hydrogen (secondary N) is 1. The second kappa shape index (κ2) is 9.65. The molecule has 0 bridgehead atoms. The summed E-state index contributed by atoms with van der Waals surface area (Å²) in [6.45, 7) is 3.65. The van der Waals surface area contributed by atoms with Gasteiger partial charge < -0.3 is 19.5 Å². The number of benzene rings is 1. The van der Waals surface area contributed by atoms with Gasteiger partial charge in [0.2, 0.25) is 0 Å². The predicted molar refractivity (Wildman–Crippen MR) is 99.2 cm³/mol. The van der Waals surface area contributed by atoms with E-state index in [1.807, 2.05) is 0 Å². The Balaban J connectivity index is 2.43. The average molecular weight is 390 g/mol. The molecule has 1 N–H and O–H groups in total. The zero-order valence-corrected chi connectivity index (χ0v) is 15.8. The minimum atomic E-state index is -0.873. The normalized spacial score (nSPS) is 15.9. The monoisotopic (exact) mass is 390 g/mol. The van der Waals surface area contributed by atoms with E-state index in [1.54, 1.807) is 19.9 Å². The molecule has 0 aliphatic carbocycles. The van der Waals surface area contributed by atoms with Crippen LogP contribution >= 0.6 is 0 Å². The summed E-state index contributed by atoms with van der Waals surface area (Å²) in [6, 6.07) is 5.76. The van der Waals surface area contributed by atoms with Crippen molar-refractivity contribution < 1.29 is 28.7 Å². The summed E-state index contributed by atoms with van der Waals surface area (Å²) < 4.78 is 15.3. The Kier molecular flexibility index (Phi) is 7.28. The fourth-order valence-corrected chi connectivity index (χ4v) is 2.67. The Morgan fingerprint density at radius 1 is 1.18 bits per heavy atom. The molecular weight excluding hydrogens is 368 g/mol. The van der Waals surface area contributed by atoms with E-state index in [0.29, 0.717) is 5.56 Å². The summed E-state index contributed by atoms with van der Waals surface area (Å²) in [5, 5.41) is 13.9. The topological polar surface area (TPSA) is 117 Å². The summed E-state index contributed by atoms with van der Waals surface area (Å²) in [5.74, 6) is -2.17. The van der Waals surface area contributed by atoms with E-state index in [1.165, 1.54) is 37.7 Å². The van der Waals surface area contributed by atoms with Crippen LogP contribution in [-0.2, 0) is 23.8 Å². The molecular formula is C19H22N2O7. The Morgan fingerprint density at radius 2 is 1.86 bits per heavy atom. The predicted octanol–water partition coefficient (Wildman–Crippen LogP) is 2.19. The molecule has 150 valence electrons. The van der Waals surface area contributed by atoms with Gasteiger partial charge in [-0.05, 0) is 19.4 Å². The van der Waals surface area contributed by atoms with E-state index in [4.69, 9.17) is 14.2 Å². The molecule has 1 heterocycles. The molecule has 0 radical (unpaired) electrons. The SMILES string of the molecule is COCCOC(=O)C1=CNC=C(C(=O)OC(C)C)[C@H]1c1cccc([N+](=O)[O-])c1. The molecule has 28 heavy (non-hydrogen) atoms. The summed E-state index contributed by atoms with van der Waals surface area (Å²) in [6.07, 6.45) is 2.45. The Hall–Kier alpha value is -3.20. The van der Waals surface area contributed by atoms with Crippen molar-refractivity contribution in [3.63, 3.8) is 0 Å². The van der Waals surface area contributed by atoms with Gasteiger partial charge in [-0.1, -0.05) is 12.1 Å². The minimum Gasteiger partial charge on any atom is -0.460 e. The van der Waals surface area contributed by atoms with Crippen LogP contribution < -0.4 is 5.32 Å². The smallest absolute Gasteiger partial charge is 0.336 e. The average Bonchev–Trinajstić information content (AvgIpc) is 2.67. The highest BCUT2D eigenvalue weighted by atomic mass is 16.6. The molecule has 9 heteroatoms. The number of nitro groups is 1. The van der Waals surface area contributed by atoms with Gasteiger partial charge in [0.05, 0.1) is 34.7 Å². The van der Waals surface area contributed by atoms with Gasteiger partial charge in [-0.15, -0.1) is 0 Å². The summed E-state index contributed by atoms with van der Waals surface area (Å²) in [5.41, 5.74) is 0.530. The second-order valence-corrected chi connectivity index (χ2v) is 6.23. The highest BCUT2D eigenvalue weighted by Crippen LogP contribution is 2.36. The maximum atomic E-state index is 12.6. The van der Waals surface area contributed by atoms with Crippen molar-refractivity contribution in [3.8, 4) is 0 Å². The van der Waals surface area contributed by atoms with Gasteiger partial charge in [0.15, 0.2) is 0 Å². The van der Waals surface area contributed by atoms with E-state index in [9.17, 15) is 19.7 Å². The van der Waals surface area contributed by atoms with Crippen LogP contribution in [0, 0.1) is 10.1 Å². The van der Waals surface area contributed by atoms with Gasteiger partial charge >= 0.3 is 11.9 Å². The molecule has 0 saturated carbocycles. The van der Waals surface area contributed by atoms with Gasteiger partial charge in [-0.25, -0.2) is 9.59 Å². The van der Waals surface area contributed by atoms with Crippen molar-refractivity contribution in [2.24, 2.45) is 0 Å². The fraction of sp³-hybridized carbons (Fsp3) is 0.368. The van der Waals surface area contributed by atoms with Crippen molar-refractivity contribution in [3.05, 3.63) is 63.5 Å². The van der Waals surface area contributed by atoms with Crippen LogP contribution in [-0.4, -0.2) is 43.3 Å². The first-order valence-electron chi connectivity index (χ1n) is 8.62. The molecule has 0 saturated heterocycles. The molecule has 2 rings (SSSR count). The van der Waals surface area contributed by atoms with E-state index in [-0.39, 0.29) is 36.2 Å². The van der Waals surface area contributed by atoms with Gasteiger partial charge in [0, 0.05) is 31.6 Å². The van der Waals surface area contributed by atoms with Crippen molar-refractivity contribution in [2.45, 2.75) is 25.9 Å². The van der Waals surface area contributed by atoms with Crippen molar-refractivity contribution in [1.29, 1.82) is 0 Å². The van der Waals surface area contributed by atoms with Gasteiger partial charge in [0.25, 0.3) is 5.69 Å². The molecule has 0 spiro atoms. The third kappa shape index (κ3) is 5.17. The molecule has 0 unspecified atom stereocenters. The number of esters is 2. The lowest BCUT2D eigenvalue weighted by atomic mass is 9.83. The summed E-state index contributed by atoms with van der Waals surface area (Å²) >= 11 is 0. The van der Waals surface area contributed by atoms with Crippen LogP contribution in [0.15, 0.2) is 47.8 Å². The number of methoxy groups -OCH3 is 1. The molecule has 1 aliphatic heterocycles. The Labute approximate surface area is 162 Å².